The molecule has 0 aromatic heterocycles. The van der Waals surface area contributed by atoms with E-state index in [9.17, 15) is 0 Å². The SMILES string of the molecule is C/C=C\C(=C\C=NC)CC. The van der Waals surface area contributed by atoms with E-state index < -0.39 is 0 Å². The molecule has 1 heteroatoms. The summed E-state index contributed by atoms with van der Waals surface area (Å²) in [5, 5.41) is 0. The molecule has 0 aliphatic carbocycles. The summed E-state index contributed by atoms with van der Waals surface area (Å²) in [7, 11) is 1.78. The van der Waals surface area contributed by atoms with Crippen LogP contribution < -0.4 is 0 Å². The summed E-state index contributed by atoms with van der Waals surface area (Å²) in [6, 6.07) is 0. The van der Waals surface area contributed by atoms with Crippen molar-refractivity contribution in [3.63, 3.8) is 0 Å². The summed E-state index contributed by atoms with van der Waals surface area (Å²) in [5.74, 6) is 0. The molecule has 0 N–H and O–H groups in total. The molecule has 0 fully saturated rings. The molecule has 0 heterocycles. The predicted molar refractivity (Wildman–Crippen MR) is 47.6 cm³/mol. The van der Waals surface area contributed by atoms with Crippen molar-refractivity contribution >= 4 is 6.21 Å². The van der Waals surface area contributed by atoms with Crippen LogP contribution in [0.2, 0.25) is 0 Å². The minimum absolute atomic E-state index is 1.07. The second-order valence-corrected chi connectivity index (χ2v) is 2.00. The van der Waals surface area contributed by atoms with E-state index in [4.69, 9.17) is 0 Å². The highest BCUT2D eigenvalue weighted by Gasteiger charge is 1.81. The highest BCUT2D eigenvalue weighted by molar-refractivity contribution is 5.72. The van der Waals surface area contributed by atoms with Crippen LogP contribution in [0.25, 0.3) is 0 Å². The zero-order valence-corrected chi connectivity index (χ0v) is 6.96. The van der Waals surface area contributed by atoms with E-state index in [2.05, 4.69) is 18.0 Å². The summed E-state index contributed by atoms with van der Waals surface area (Å²) in [5.41, 5.74) is 1.31. The van der Waals surface area contributed by atoms with Crippen molar-refractivity contribution in [3.8, 4) is 0 Å². The van der Waals surface area contributed by atoms with Gasteiger partial charge in [0.1, 0.15) is 0 Å². The quantitative estimate of drug-likeness (QED) is 0.419. The highest BCUT2D eigenvalue weighted by atomic mass is 14.6. The summed E-state index contributed by atoms with van der Waals surface area (Å²) >= 11 is 0. The molecule has 0 spiro atoms. The van der Waals surface area contributed by atoms with E-state index in [0.717, 1.165) is 6.42 Å². The van der Waals surface area contributed by atoms with E-state index in [0.29, 0.717) is 0 Å². The van der Waals surface area contributed by atoms with Crippen molar-refractivity contribution in [1.82, 2.24) is 0 Å². The molecule has 0 saturated heterocycles. The van der Waals surface area contributed by atoms with Gasteiger partial charge >= 0.3 is 0 Å². The van der Waals surface area contributed by atoms with Crippen LogP contribution in [0.15, 0.2) is 28.8 Å². The van der Waals surface area contributed by atoms with E-state index in [1.165, 1.54) is 5.57 Å². The molecule has 0 radical (unpaired) electrons. The topological polar surface area (TPSA) is 12.4 Å². The molecule has 56 valence electrons. The molecule has 0 atom stereocenters. The summed E-state index contributed by atoms with van der Waals surface area (Å²) < 4.78 is 0. The third-order valence-corrected chi connectivity index (χ3v) is 1.23. The van der Waals surface area contributed by atoms with Crippen LogP contribution in [0.1, 0.15) is 20.3 Å². The number of hydrogen-bond donors (Lipinski definition) is 0. The molecule has 10 heavy (non-hydrogen) atoms. The maximum absolute atomic E-state index is 3.87. The number of rotatable bonds is 3. The third-order valence-electron chi connectivity index (χ3n) is 1.23. The van der Waals surface area contributed by atoms with Gasteiger partial charge in [-0.25, -0.2) is 0 Å². The van der Waals surface area contributed by atoms with E-state index in [1.807, 2.05) is 25.3 Å². The van der Waals surface area contributed by atoms with Gasteiger partial charge in [-0.2, -0.15) is 0 Å². The third kappa shape index (κ3) is 4.07. The molecule has 0 aromatic rings. The molecule has 0 amide bonds. The molecule has 0 saturated carbocycles. The zero-order chi connectivity index (χ0) is 7.82. The Morgan fingerprint density at radius 2 is 2.20 bits per heavy atom. The number of hydrogen-bond acceptors (Lipinski definition) is 1. The van der Waals surface area contributed by atoms with Gasteiger partial charge in [-0.1, -0.05) is 19.1 Å². The summed E-state index contributed by atoms with van der Waals surface area (Å²) in [4.78, 5) is 3.87. The minimum atomic E-state index is 1.07. The molecule has 1 nitrogen and oxygen atoms in total. The van der Waals surface area contributed by atoms with Crippen LogP contribution >= 0.6 is 0 Å². The fraction of sp³-hybridized carbons (Fsp3) is 0.444. The largest absolute Gasteiger partial charge is 0.297 e. The number of aliphatic imine (C=N–C) groups is 1. The molecule has 0 aliphatic heterocycles. The van der Waals surface area contributed by atoms with Gasteiger partial charge < -0.3 is 0 Å². The molecule has 0 bridgehead atoms. The fourth-order valence-corrected chi connectivity index (χ4v) is 0.676. The number of allylic oxidation sites excluding steroid dienone is 4. The lowest BCUT2D eigenvalue weighted by atomic mass is 10.2. The van der Waals surface area contributed by atoms with Gasteiger partial charge in [0.25, 0.3) is 0 Å². The molecule has 0 aliphatic rings. The van der Waals surface area contributed by atoms with Gasteiger partial charge in [0, 0.05) is 13.3 Å². The van der Waals surface area contributed by atoms with E-state index in [-0.39, 0.29) is 0 Å². The average molecular weight is 137 g/mol. The van der Waals surface area contributed by atoms with E-state index >= 15 is 0 Å². The van der Waals surface area contributed by atoms with Gasteiger partial charge in [0.2, 0.25) is 0 Å². The maximum Gasteiger partial charge on any atom is 0.0277 e. The second-order valence-electron chi connectivity index (χ2n) is 2.00. The van der Waals surface area contributed by atoms with Gasteiger partial charge in [-0.15, -0.1) is 0 Å². The van der Waals surface area contributed by atoms with Crippen LogP contribution in [-0.2, 0) is 0 Å². The molecule has 0 unspecified atom stereocenters. The van der Waals surface area contributed by atoms with Crippen molar-refractivity contribution in [3.05, 3.63) is 23.8 Å². The smallest absolute Gasteiger partial charge is 0.0277 e. The van der Waals surface area contributed by atoms with Crippen LogP contribution in [0.5, 0.6) is 0 Å². The average Bonchev–Trinajstić information content (AvgIpc) is 1.98. The Morgan fingerprint density at radius 3 is 2.60 bits per heavy atom. The molecular weight excluding hydrogens is 122 g/mol. The molecular formula is C9H15N. The van der Waals surface area contributed by atoms with Crippen LogP contribution in [0, 0.1) is 0 Å². The summed E-state index contributed by atoms with van der Waals surface area (Å²) in [6.07, 6.45) is 9.05. The normalized spacial score (nSPS) is 13.7. The molecule has 0 aromatic carbocycles. The van der Waals surface area contributed by atoms with Crippen molar-refractivity contribution in [1.29, 1.82) is 0 Å². The monoisotopic (exact) mass is 137 g/mol. The highest BCUT2D eigenvalue weighted by Crippen LogP contribution is 2.00. The first-order chi connectivity index (χ1) is 4.85. The zero-order valence-electron chi connectivity index (χ0n) is 6.96. The Morgan fingerprint density at radius 1 is 1.50 bits per heavy atom. The Balaban J connectivity index is 4.04. The van der Waals surface area contributed by atoms with Gasteiger partial charge in [0.15, 0.2) is 0 Å². The first-order valence-electron chi connectivity index (χ1n) is 3.59. The van der Waals surface area contributed by atoms with Crippen molar-refractivity contribution in [2.45, 2.75) is 20.3 Å². The Hall–Kier alpha value is -0.850. The fourth-order valence-electron chi connectivity index (χ4n) is 0.676. The maximum atomic E-state index is 3.87. The van der Waals surface area contributed by atoms with Crippen molar-refractivity contribution in [2.75, 3.05) is 7.05 Å². The first-order valence-corrected chi connectivity index (χ1v) is 3.59. The van der Waals surface area contributed by atoms with Crippen LogP contribution in [0.3, 0.4) is 0 Å². The van der Waals surface area contributed by atoms with E-state index in [1.54, 1.807) is 7.05 Å². The second kappa shape index (κ2) is 6.27. The molecule has 0 rings (SSSR count). The summed E-state index contributed by atoms with van der Waals surface area (Å²) in [6.45, 7) is 4.15. The Kier molecular flexibility index (Phi) is 5.74. The minimum Gasteiger partial charge on any atom is -0.297 e. The standard InChI is InChI=1S/C9H15N/c1-4-6-9(5-2)7-8-10-3/h4,6-8H,5H2,1-3H3/b6-4-,9-7+,10-8?. The van der Waals surface area contributed by atoms with Crippen molar-refractivity contribution in [2.24, 2.45) is 4.99 Å². The lowest BCUT2D eigenvalue weighted by Crippen LogP contribution is -1.74. The van der Waals surface area contributed by atoms with Gasteiger partial charge in [-0.05, 0) is 25.0 Å². The van der Waals surface area contributed by atoms with Gasteiger partial charge in [0.05, 0.1) is 0 Å². The van der Waals surface area contributed by atoms with Crippen LogP contribution in [-0.4, -0.2) is 13.3 Å². The van der Waals surface area contributed by atoms with Gasteiger partial charge in [-0.3, -0.25) is 4.99 Å². The predicted octanol–water partition coefficient (Wildman–Crippen LogP) is 2.60. The first kappa shape index (κ1) is 9.15. The van der Waals surface area contributed by atoms with Crippen LogP contribution in [0.4, 0.5) is 0 Å². The Labute approximate surface area is 63.2 Å². The Bertz CT molecular complexity index is 152. The lowest BCUT2D eigenvalue weighted by molar-refractivity contribution is 1.15. The number of nitrogens with zero attached hydrogens (tertiary/aromatic N) is 1. The lowest BCUT2D eigenvalue weighted by Gasteiger charge is -1.91. The van der Waals surface area contributed by atoms with Crippen molar-refractivity contribution < 1.29 is 0 Å².